The van der Waals surface area contributed by atoms with Crippen LogP contribution < -0.4 is 11.1 Å². The van der Waals surface area contributed by atoms with Crippen molar-refractivity contribution in [3.05, 3.63) is 64.4 Å². The third-order valence-electron chi connectivity index (χ3n) is 3.48. The lowest BCUT2D eigenvalue weighted by Crippen LogP contribution is -2.31. The lowest BCUT2D eigenvalue weighted by Gasteiger charge is -2.15. The van der Waals surface area contributed by atoms with Crippen LogP contribution >= 0.6 is 11.6 Å². The van der Waals surface area contributed by atoms with Crippen molar-refractivity contribution in [1.29, 1.82) is 0 Å². The summed E-state index contributed by atoms with van der Waals surface area (Å²) in [5, 5.41) is 3.92. The van der Waals surface area contributed by atoms with E-state index in [1.807, 2.05) is 6.07 Å². The Morgan fingerprint density at radius 2 is 2.05 bits per heavy atom. The van der Waals surface area contributed by atoms with Crippen molar-refractivity contribution in [3.8, 4) is 0 Å². The second kappa shape index (κ2) is 5.84. The highest BCUT2D eigenvalue weighted by Crippen LogP contribution is 2.27. The Hall–Kier alpha value is -1.91. The Morgan fingerprint density at radius 3 is 2.81 bits per heavy atom. The quantitative estimate of drug-likeness (QED) is 0.896. The van der Waals surface area contributed by atoms with E-state index in [0.717, 1.165) is 11.3 Å². The maximum atomic E-state index is 14.1. The van der Waals surface area contributed by atoms with E-state index in [2.05, 4.69) is 10.3 Å². The molecule has 3 nitrogen and oxygen atoms in total. The second-order valence-corrected chi connectivity index (χ2v) is 5.37. The average molecular weight is 304 g/mol. The molecule has 0 saturated heterocycles. The summed E-state index contributed by atoms with van der Waals surface area (Å²) >= 11 is 6.09. The van der Waals surface area contributed by atoms with Crippen LogP contribution in [-0.2, 0) is 0 Å². The van der Waals surface area contributed by atoms with Crippen molar-refractivity contribution in [3.63, 3.8) is 0 Å². The molecule has 0 radical (unpaired) electrons. The number of nitrogens with two attached hydrogens (primary N) is 1. The number of hydrogen-bond acceptors (Lipinski definition) is 3. The van der Waals surface area contributed by atoms with Gasteiger partial charge in [-0.25, -0.2) is 4.39 Å². The van der Waals surface area contributed by atoms with Gasteiger partial charge in [-0.05, 0) is 30.3 Å². The van der Waals surface area contributed by atoms with E-state index in [9.17, 15) is 4.39 Å². The van der Waals surface area contributed by atoms with Crippen molar-refractivity contribution in [2.24, 2.45) is 10.7 Å². The summed E-state index contributed by atoms with van der Waals surface area (Å²) in [6.07, 6.45) is 0. The fourth-order valence-corrected chi connectivity index (χ4v) is 2.58. The summed E-state index contributed by atoms with van der Waals surface area (Å²) in [5.41, 5.74) is 8.48. The van der Waals surface area contributed by atoms with Gasteiger partial charge in [0.05, 0.1) is 18.3 Å². The zero-order valence-electron chi connectivity index (χ0n) is 11.3. The third kappa shape index (κ3) is 2.77. The maximum absolute atomic E-state index is 14.1. The first-order chi connectivity index (χ1) is 10.2. The average Bonchev–Trinajstić information content (AvgIpc) is 2.67. The van der Waals surface area contributed by atoms with Crippen LogP contribution in [0.15, 0.2) is 47.5 Å². The molecular formula is C16H15ClFN3. The van der Waals surface area contributed by atoms with Gasteiger partial charge in [0.1, 0.15) is 5.82 Å². The monoisotopic (exact) mass is 303 g/mol. The zero-order valence-corrected chi connectivity index (χ0v) is 12.1. The van der Waals surface area contributed by atoms with Crippen LogP contribution in [0, 0.1) is 5.82 Å². The summed E-state index contributed by atoms with van der Waals surface area (Å²) in [5.74, 6) is -0.298. The van der Waals surface area contributed by atoms with Gasteiger partial charge in [-0.2, -0.15) is 0 Å². The van der Waals surface area contributed by atoms with Crippen molar-refractivity contribution >= 4 is 23.0 Å². The molecule has 3 N–H and O–H groups in total. The van der Waals surface area contributed by atoms with E-state index in [0.29, 0.717) is 29.4 Å². The number of benzene rings is 2. The SMILES string of the molecule is NC[C@H]1CN=C(c2ccccc2F)c2cc(Cl)ccc2N1. The molecular weight excluding hydrogens is 289 g/mol. The molecule has 0 amide bonds. The molecule has 108 valence electrons. The fourth-order valence-electron chi connectivity index (χ4n) is 2.41. The van der Waals surface area contributed by atoms with Gasteiger partial charge >= 0.3 is 0 Å². The Labute approximate surface area is 127 Å². The molecule has 1 heterocycles. The highest BCUT2D eigenvalue weighted by atomic mass is 35.5. The van der Waals surface area contributed by atoms with Gasteiger partial charge in [-0.1, -0.05) is 23.7 Å². The van der Waals surface area contributed by atoms with Crippen molar-refractivity contribution in [2.45, 2.75) is 6.04 Å². The highest BCUT2D eigenvalue weighted by molar-refractivity contribution is 6.31. The van der Waals surface area contributed by atoms with Crippen molar-refractivity contribution < 1.29 is 4.39 Å². The molecule has 0 fully saturated rings. The van der Waals surface area contributed by atoms with Crippen LogP contribution in [0.3, 0.4) is 0 Å². The van der Waals surface area contributed by atoms with E-state index in [1.54, 1.807) is 30.3 Å². The molecule has 5 heteroatoms. The minimum absolute atomic E-state index is 0.0224. The second-order valence-electron chi connectivity index (χ2n) is 4.94. The summed E-state index contributed by atoms with van der Waals surface area (Å²) < 4.78 is 14.1. The van der Waals surface area contributed by atoms with Gasteiger partial charge in [0, 0.05) is 28.4 Å². The van der Waals surface area contributed by atoms with Crippen LogP contribution in [0.4, 0.5) is 10.1 Å². The zero-order chi connectivity index (χ0) is 14.8. The first kappa shape index (κ1) is 14.0. The fraction of sp³-hybridized carbons (Fsp3) is 0.188. The highest BCUT2D eigenvalue weighted by Gasteiger charge is 2.20. The number of nitrogens with zero attached hydrogens (tertiary/aromatic N) is 1. The van der Waals surface area contributed by atoms with Crippen molar-refractivity contribution in [2.75, 3.05) is 18.4 Å². The van der Waals surface area contributed by atoms with Gasteiger partial charge in [0.2, 0.25) is 0 Å². The molecule has 0 saturated carbocycles. The molecule has 0 aliphatic carbocycles. The summed E-state index contributed by atoms with van der Waals surface area (Å²) in [6.45, 7) is 0.947. The lowest BCUT2D eigenvalue weighted by molar-refractivity contribution is 0.625. The van der Waals surface area contributed by atoms with Gasteiger partial charge in [-0.3, -0.25) is 4.99 Å². The number of aliphatic imine (C=N–C) groups is 1. The van der Waals surface area contributed by atoms with Gasteiger partial charge in [0.15, 0.2) is 0 Å². The molecule has 1 aliphatic heterocycles. The molecule has 0 bridgehead atoms. The lowest BCUT2D eigenvalue weighted by atomic mass is 10.00. The number of benzodiazepines with no additional fused rings is 1. The first-order valence-corrected chi connectivity index (χ1v) is 7.12. The molecule has 21 heavy (non-hydrogen) atoms. The number of anilines is 1. The minimum Gasteiger partial charge on any atom is -0.379 e. The van der Waals surface area contributed by atoms with Crippen molar-refractivity contribution in [1.82, 2.24) is 0 Å². The number of hydrogen-bond donors (Lipinski definition) is 2. The van der Waals surface area contributed by atoms with Crippen LogP contribution in [0.2, 0.25) is 5.02 Å². The maximum Gasteiger partial charge on any atom is 0.132 e. The van der Waals surface area contributed by atoms with Crippen LogP contribution in [0.25, 0.3) is 0 Å². The third-order valence-corrected chi connectivity index (χ3v) is 3.71. The molecule has 0 aromatic heterocycles. The molecule has 1 atom stereocenters. The van der Waals surface area contributed by atoms with Crippen LogP contribution in [0.1, 0.15) is 11.1 Å². The van der Waals surface area contributed by atoms with Gasteiger partial charge in [-0.15, -0.1) is 0 Å². The Bertz CT molecular complexity index is 700. The predicted octanol–water partition coefficient (Wildman–Crippen LogP) is 3.07. The van der Waals surface area contributed by atoms with E-state index in [4.69, 9.17) is 17.3 Å². The number of halogens is 2. The molecule has 2 aromatic carbocycles. The van der Waals surface area contributed by atoms with Gasteiger partial charge in [0.25, 0.3) is 0 Å². The number of fused-ring (bicyclic) bond motifs is 1. The molecule has 1 aliphatic rings. The molecule has 2 aromatic rings. The largest absolute Gasteiger partial charge is 0.379 e. The minimum atomic E-state index is -0.298. The molecule has 0 spiro atoms. The Balaban J connectivity index is 2.18. The van der Waals surface area contributed by atoms with Gasteiger partial charge < -0.3 is 11.1 Å². The summed E-state index contributed by atoms with van der Waals surface area (Å²) in [4.78, 5) is 4.56. The van der Waals surface area contributed by atoms with Crippen LogP contribution in [-0.4, -0.2) is 24.8 Å². The topological polar surface area (TPSA) is 50.4 Å². The standard InChI is InChI=1S/C16H15ClFN3/c17-10-5-6-15-13(7-10)16(20-9-11(8-19)21-15)12-3-1-2-4-14(12)18/h1-7,11,21H,8-9,19H2/t11-/m0/s1. The number of rotatable bonds is 2. The smallest absolute Gasteiger partial charge is 0.132 e. The Kier molecular flexibility index (Phi) is 3.90. The normalized spacial score (nSPS) is 17.5. The molecule has 0 unspecified atom stereocenters. The Morgan fingerprint density at radius 1 is 1.24 bits per heavy atom. The van der Waals surface area contributed by atoms with E-state index >= 15 is 0 Å². The predicted molar refractivity (Wildman–Crippen MR) is 84.8 cm³/mol. The van der Waals surface area contributed by atoms with E-state index in [-0.39, 0.29) is 11.9 Å². The van der Waals surface area contributed by atoms with E-state index in [1.165, 1.54) is 6.07 Å². The van der Waals surface area contributed by atoms with E-state index < -0.39 is 0 Å². The first-order valence-electron chi connectivity index (χ1n) is 6.75. The summed E-state index contributed by atoms with van der Waals surface area (Å²) in [7, 11) is 0. The summed E-state index contributed by atoms with van der Waals surface area (Å²) in [6, 6.07) is 12.1. The number of nitrogens with one attached hydrogen (secondary N) is 1. The van der Waals surface area contributed by atoms with Crippen LogP contribution in [0.5, 0.6) is 0 Å². The molecule has 3 rings (SSSR count).